The zero-order valence-corrected chi connectivity index (χ0v) is 20.7. The molecule has 0 bridgehead atoms. The first-order chi connectivity index (χ1) is 17.2. The van der Waals surface area contributed by atoms with E-state index in [-0.39, 0.29) is 11.7 Å². The molecule has 2 aromatic rings. The first-order valence-corrected chi connectivity index (χ1v) is 12.5. The normalized spacial score (nSPS) is 17.8. The van der Waals surface area contributed by atoms with E-state index in [4.69, 9.17) is 12.2 Å². The fourth-order valence-corrected chi connectivity index (χ4v) is 5.08. The number of piperidine rings is 1. The second-order valence-electron chi connectivity index (χ2n) is 9.20. The van der Waals surface area contributed by atoms with Crippen LogP contribution in [0.25, 0.3) is 0 Å². The van der Waals surface area contributed by atoms with E-state index in [1.807, 2.05) is 6.07 Å². The van der Waals surface area contributed by atoms with E-state index in [2.05, 4.69) is 44.3 Å². The Morgan fingerprint density at radius 2 is 1.69 bits per heavy atom. The van der Waals surface area contributed by atoms with Crippen molar-refractivity contribution in [1.82, 2.24) is 9.80 Å². The monoisotopic (exact) mass is 521 g/mol. The van der Waals surface area contributed by atoms with Crippen molar-refractivity contribution in [2.24, 2.45) is 0 Å². The van der Waals surface area contributed by atoms with Crippen LogP contribution in [0.15, 0.2) is 48.5 Å². The van der Waals surface area contributed by atoms with Crippen molar-refractivity contribution in [1.29, 1.82) is 0 Å². The highest BCUT2D eigenvalue weighted by atomic mass is 32.1. The van der Waals surface area contributed by atoms with E-state index >= 15 is 0 Å². The largest absolute Gasteiger partial charge is 0.423 e. The molecule has 0 spiro atoms. The van der Waals surface area contributed by atoms with E-state index in [0.717, 1.165) is 82.2 Å². The molecule has 36 heavy (non-hydrogen) atoms. The maximum absolute atomic E-state index is 13.3. The second-order valence-corrected chi connectivity index (χ2v) is 9.67. The van der Waals surface area contributed by atoms with Gasteiger partial charge in [-0.05, 0) is 37.1 Å². The molecule has 2 fully saturated rings. The molecule has 11 heteroatoms. The number of piperazine rings is 1. The maximum atomic E-state index is 13.3. The van der Waals surface area contributed by atoms with E-state index in [1.54, 1.807) is 0 Å². The number of likely N-dealkylation sites (tertiary alicyclic amines) is 1. The Labute approximate surface area is 214 Å². The van der Waals surface area contributed by atoms with Crippen molar-refractivity contribution < 1.29 is 18.1 Å². The van der Waals surface area contributed by atoms with Gasteiger partial charge in [-0.3, -0.25) is 15.0 Å². The summed E-state index contributed by atoms with van der Waals surface area (Å²) in [5.74, 6) is 0. The van der Waals surface area contributed by atoms with Crippen LogP contribution in [0.2, 0.25) is 0 Å². The number of rotatable bonds is 7. The van der Waals surface area contributed by atoms with Crippen LogP contribution >= 0.6 is 12.2 Å². The van der Waals surface area contributed by atoms with E-state index in [1.165, 1.54) is 11.8 Å². The predicted molar refractivity (Wildman–Crippen MR) is 139 cm³/mol. The van der Waals surface area contributed by atoms with Gasteiger partial charge in [0.05, 0.1) is 9.91 Å². The molecule has 0 amide bonds. The smallest absolute Gasteiger partial charge is 0.382 e. The number of benzene rings is 2. The van der Waals surface area contributed by atoms with Gasteiger partial charge in [0.25, 0.3) is 5.69 Å². The van der Waals surface area contributed by atoms with Crippen molar-refractivity contribution >= 4 is 34.3 Å². The lowest BCUT2D eigenvalue weighted by molar-refractivity contribution is -0.388. The number of hydrogen-bond donors (Lipinski definition) is 1. The van der Waals surface area contributed by atoms with Crippen molar-refractivity contribution in [2.45, 2.75) is 31.5 Å². The Kier molecular flexibility index (Phi) is 8.30. The zero-order valence-electron chi connectivity index (χ0n) is 19.9. The van der Waals surface area contributed by atoms with Gasteiger partial charge in [0.15, 0.2) is 0 Å². The molecule has 0 atom stereocenters. The third kappa shape index (κ3) is 6.64. The van der Waals surface area contributed by atoms with Gasteiger partial charge in [-0.25, -0.2) is 0 Å². The van der Waals surface area contributed by atoms with Gasteiger partial charge in [-0.15, -0.1) is 0 Å². The standard InChI is InChI=1S/C25H30F3N5O2S/c26-25(27,28)22-18-20(6-7-23(22)33(34)35)29-19-8-12-32(13-9-19)24(36)10-11-30-14-16-31(17-15-30)21-4-2-1-3-5-21/h1-7,18-19,29H,8-17H2. The molecular weight excluding hydrogens is 491 g/mol. The van der Waals surface area contributed by atoms with E-state index < -0.39 is 22.4 Å². The highest BCUT2D eigenvalue weighted by Gasteiger charge is 2.38. The van der Waals surface area contributed by atoms with Crippen LogP contribution in [0.5, 0.6) is 0 Å². The molecule has 0 radical (unpaired) electrons. The third-order valence-electron chi connectivity index (χ3n) is 6.85. The predicted octanol–water partition coefficient (Wildman–Crippen LogP) is 5.03. The molecule has 2 aliphatic rings. The minimum Gasteiger partial charge on any atom is -0.382 e. The Balaban J connectivity index is 1.21. The third-order valence-corrected chi connectivity index (χ3v) is 7.31. The molecule has 2 heterocycles. The molecule has 194 valence electrons. The lowest BCUT2D eigenvalue weighted by atomic mass is 10.0. The summed E-state index contributed by atoms with van der Waals surface area (Å²) in [6, 6.07) is 13.5. The molecule has 2 aromatic carbocycles. The average Bonchev–Trinajstić information content (AvgIpc) is 2.88. The first-order valence-electron chi connectivity index (χ1n) is 12.1. The molecule has 2 aliphatic heterocycles. The quantitative estimate of drug-likeness (QED) is 0.312. The molecule has 1 N–H and O–H groups in total. The number of halogens is 3. The zero-order chi connectivity index (χ0) is 25.7. The average molecular weight is 522 g/mol. The Morgan fingerprint density at radius 3 is 2.31 bits per heavy atom. The molecule has 2 saturated heterocycles. The van der Waals surface area contributed by atoms with Gasteiger partial charge in [0.1, 0.15) is 5.56 Å². The van der Waals surface area contributed by atoms with Crippen molar-refractivity contribution in [2.75, 3.05) is 56.0 Å². The van der Waals surface area contributed by atoms with Crippen LogP contribution in [-0.4, -0.2) is 71.6 Å². The molecular formula is C25H30F3N5O2S. The summed E-state index contributed by atoms with van der Waals surface area (Å²) in [6.07, 6.45) is -2.51. The summed E-state index contributed by atoms with van der Waals surface area (Å²) in [6.45, 7) is 6.37. The first kappa shape index (κ1) is 26.2. The number of nitro groups is 1. The summed E-state index contributed by atoms with van der Waals surface area (Å²) >= 11 is 5.69. The highest BCUT2D eigenvalue weighted by molar-refractivity contribution is 7.80. The minimum absolute atomic E-state index is 0.0161. The molecule has 0 aliphatic carbocycles. The van der Waals surface area contributed by atoms with Gasteiger partial charge in [-0.1, -0.05) is 30.4 Å². The molecule has 0 saturated carbocycles. The SMILES string of the molecule is O=[N+]([O-])c1ccc(NC2CCN(C(=S)CCN3CCN(c4ccccc4)CC3)CC2)cc1C(F)(F)F. The van der Waals surface area contributed by atoms with Gasteiger partial charge >= 0.3 is 6.18 Å². The summed E-state index contributed by atoms with van der Waals surface area (Å²) in [5.41, 5.74) is -0.675. The van der Waals surface area contributed by atoms with Crippen molar-refractivity contribution in [3.63, 3.8) is 0 Å². The van der Waals surface area contributed by atoms with Crippen LogP contribution in [0, 0.1) is 10.1 Å². The molecule has 0 aromatic heterocycles. The summed E-state index contributed by atoms with van der Waals surface area (Å²) in [7, 11) is 0. The van der Waals surface area contributed by atoms with Gasteiger partial charge in [-0.2, -0.15) is 13.2 Å². The van der Waals surface area contributed by atoms with Crippen LogP contribution in [0.1, 0.15) is 24.8 Å². The van der Waals surface area contributed by atoms with E-state index in [9.17, 15) is 23.3 Å². The maximum Gasteiger partial charge on any atom is 0.423 e. The molecule has 7 nitrogen and oxygen atoms in total. The fraction of sp³-hybridized carbons (Fsp3) is 0.480. The number of nitro benzene ring substituents is 1. The Morgan fingerprint density at radius 1 is 1.03 bits per heavy atom. The summed E-state index contributed by atoms with van der Waals surface area (Å²) in [5, 5.41) is 14.1. The summed E-state index contributed by atoms with van der Waals surface area (Å²) in [4.78, 5) is 17.9. The number of anilines is 2. The minimum atomic E-state index is -4.79. The van der Waals surface area contributed by atoms with Crippen LogP contribution in [0.4, 0.5) is 30.2 Å². The lowest BCUT2D eigenvalue weighted by Gasteiger charge is -2.37. The van der Waals surface area contributed by atoms with E-state index in [0.29, 0.717) is 0 Å². The number of hydrogen-bond acceptors (Lipinski definition) is 6. The van der Waals surface area contributed by atoms with Gasteiger partial charge < -0.3 is 15.1 Å². The van der Waals surface area contributed by atoms with Crippen LogP contribution < -0.4 is 10.2 Å². The fourth-order valence-electron chi connectivity index (χ4n) is 4.80. The Bertz CT molecular complexity index is 1050. The van der Waals surface area contributed by atoms with Gasteiger partial charge in [0, 0.05) is 75.7 Å². The van der Waals surface area contributed by atoms with Crippen molar-refractivity contribution in [3.05, 3.63) is 64.2 Å². The topological polar surface area (TPSA) is 64.9 Å². The molecule has 0 unspecified atom stereocenters. The highest BCUT2D eigenvalue weighted by Crippen LogP contribution is 2.38. The number of nitrogens with one attached hydrogen (secondary N) is 1. The van der Waals surface area contributed by atoms with Crippen molar-refractivity contribution in [3.8, 4) is 0 Å². The lowest BCUT2D eigenvalue weighted by Crippen LogP contribution is -2.48. The number of thiocarbonyl (C=S) groups is 1. The van der Waals surface area contributed by atoms with Crippen LogP contribution in [-0.2, 0) is 6.18 Å². The number of para-hydroxylation sites is 1. The summed E-state index contributed by atoms with van der Waals surface area (Å²) < 4.78 is 39.8. The van der Waals surface area contributed by atoms with Gasteiger partial charge in [0.2, 0.25) is 0 Å². The number of alkyl halides is 3. The van der Waals surface area contributed by atoms with Crippen LogP contribution in [0.3, 0.4) is 0 Å². The number of nitrogens with zero attached hydrogens (tertiary/aromatic N) is 4. The second kappa shape index (κ2) is 11.4. The molecule has 4 rings (SSSR count). The Hall–Kier alpha value is -2.92.